The Labute approximate surface area is 143 Å². The quantitative estimate of drug-likeness (QED) is 0.697. The van der Waals surface area contributed by atoms with Crippen molar-refractivity contribution in [3.8, 4) is 0 Å². The zero-order chi connectivity index (χ0) is 15.2. The van der Waals surface area contributed by atoms with Crippen LogP contribution in [0.4, 0.5) is 0 Å². The Kier molecular flexibility index (Phi) is 6.45. The molecule has 3 nitrogen and oxygen atoms in total. The number of aromatic nitrogens is 2. The van der Waals surface area contributed by atoms with E-state index in [1.807, 2.05) is 16.9 Å². The van der Waals surface area contributed by atoms with Crippen LogP contribution in [-0.4, -0.2) is 16.3 Å². The van der Waals surface area contributed by atoms with E-state index in [9.17, 15) is 0 Å². The highest BCUT2D eigenvalue weighted by molar-refractivity contribution is 9.11. The van der Waals surface area contributed by atoms with Gasteiger partial charge in [0.25, 0.3) is 0 Å². The van der Waals surface area contributed by atoms with Crippen LogP contribution in [-0.2, 0) is 6.54 Å². The van der Waals surface area contributed by atoms with Crippen molar-refractivity contribution in [2.75, 3.05) is 6.54 Å². The van der Waals surface area contributed by atoms with Crippen molar-refractivity contribution in [1.29, 1.82) is 0 Å². The first-order valence-electron chi connectivity index (χ1n) is 7.36. The van der Waals surface area contributed by atoms with Gasteiger partial charge in [0.15, 0.2) is 0 Å². The van der Waals surface area contributed by atoms with E-state index in [0.29, 0.717) is 0 Å². The lowest BCUT2D eigenvalue weighted by Crippen LogP contribution is -2.23. The van der Waals surface area contributed by atoms with Crippen LogP contribution in [0.2, 0.25) is 0 Å². The average molecular weight is 415 g/mol. The van der Waals surface area contributed by atoms with Crippen LogP contribution in [0.1, 0.15) is 43.9 Å². The van der Waals surface area contributed by atoms with E-state index >= 15 is 0 Å². The van der Waals surface area contributed by atoms with Gasteiger partial charge in [-0.3, -0.25) is 4.68 Å². The maximum absolute atomic E-state index is 4.46. The number of halogens is 2. The summed E-state index contributed by atoms with van der Waals surface area (Å²) in [7, 11) is 0. The maximum Gasteiger partial charge on any atom is 0.0619 e. The van der Waals surface area contributed by atoms with Gasteiger partial charge in [0.05, 0.1) is 12.2 Å². The standard InChI is InChI=1S/C16H21Br2N3/c1-3-7-19-16(12-10-20-21(11-12)8-4-2)14-9-13(17)5-6-15(14)18/h5-6,9-11,16,19H,3-4,7-8H2,1-2H3. The van der Waals surface area contributed by atoms with Crippen molar-refractivity contribution in [3.63, 3.8) is 0 Å². The van der Waals surface area contributed by atoms with Crippen molar-refractivity contribution >= 4 is 31.9 Å². The Morgan fingerprint density at radius 3 is 2.76 bits per heavy atom. The van der Waals surface area contributed by atoms with E-state index in [1.54, 1.807) is 0 Å². The molecule has 0 aliphatic heterocycles. The molecule has 0 aliphatic rings. The smallest absolute Gasteiger partial charge is 0.0619 e. The molecule has 0 saturated carbocycles. The van der Waals surface area contributed by atoms with E-state index in [2.05, 4.69) is 74.5 Å². The van der Waals surface area contributed by atoms with Crippen LogP contribution in [0.15, 0.2) is 39.5 Å². The number of aryl methyl sites for hydroxylation is 1. The predicted octanol–water partition coefficient (Wildman–Crippen LogP) is 4.91. The minimum Gasteiger partial charge on any atom is -0.306 e. The van der Waals surface area contributed by atoms with Crippen LogP contribution in [0.5, 0.6) is 0 Å². The third-order valence-corrected chi connectivity index (χ3v) is 4.52. The first-order chi connectivity index (χ1) is 10.2. The largest absolute Gasteiger partial charge is 0.306 e. The molecule has 0 amide bonds. The highest BCUT2D eigenvalue weighted by Gasteiger charge is 2.18. The number of benzene rings is 1. The normalized spacial score (nSPS) is 12.6. The summed E-state index contributed by atoms with van der Waals surface area (Å²) < 4.78 is 4.22. The highest BCUT2D eigenvalue weighted by Crippen LogP contribution is 2.31. The number of hydrogen-bond donors (Lipinski definition) is 1. The zero-order valence-corrected chi connectivity index (χ0v) is 15.6. The maximum atomic E-state index is 4.46. The van der Waals surface area contributed by atoms with Crippen molar-refractivity contribution in [3.05, 3.63) is 50.7 Å². The summed E-state index contributed by atoms with van der Waals surface area (Å²) in [5, 5.41) is 8.08. The summed E-state index contributed by atoms with van der Waals surface area (Å²) >= 11 is 7.24. The first kappa shape index (κ1) is 16.7. The Bertz CT molecular complexity index is 581. The van der Waals surface area contributed by atoms with Gasteiger partial charge in [0, 0.05) is 27.3 Å². The summed E-state index contributed by atoms with van der Waals surface area (Å²) in [4.78, 5) is 0. The number of nitrogens with zero attached hydrogens (tertiary/aromatic N) is 2. The monoisotopic (exact) mass is 413 g/mol. The van der Waals surface area contributed by atoms with Crippen LogP contribution in [0.25, 0.3) is 0 Å². The molecule has 1 heterocycles. The van der Waals surface area contributed by atoms with Crippen molar-refractivity contribution in [2.45, 2.75) is 39.3 Å². The molecule has 5 heteroatoms. The lowest BCUT2D eigenvalue weighted by Gasteiger charge is -2.19. The molecule has 1 aromatic carbocycles. The molecule has 114 valence electrons. The van der Waals surface area contributed by atoms with E-state index in [-0.39, 0.29) is 6.04 Å². The second kappa shape index (κ2) is 8.11. The molecule has 0 saturated heterocycles. The number of nitrogens with one attached hydrogen (secondary N) is 1. The lowest BCUT2D eigenvalue weighted by atomic mass is 10.0. The molecule has 1 atom stereocenters. The number of rotatable bonds is 7. The average Bonchev–Trinajstić information content (AvgIpc) is 2.92. The summed E-state index contributed by atoms with van der Waals surface area (Å²) in [5.41, 5.74) is 2.43. The molecule has 0 aliphatic carbocycles. The van der Waals surface area contributed by atoms with Gasteiger partial charge < -0.3 is 5.32 Å². The Morgan fingerprint density at radius 1 is 1.24 bits per heavy atom. The van der Waals surface area contributed by atoms with E-state index in [1.165, 1.54) is 11.1 Å². The van der Waals surface area contributed by atoms with E-state index in [4.69, 9.17) is 0 Å². The summed E-state index contributed by atoms with van der Waals surface area (Å²) in [6.45, 7) is 6.28. The topological polar surface area (TPSA) is 29.9 Å². The van der Waals surface area contributed by atoms with E-state index < -0.39 is 0 Å². The van der Waals surface area contributed by atoms with Crippen LogP contribution in [0, 0.1) is 0 Å². The molecule has 0 spiro atoms. The first-order valence-corrected chi connectivity index (χ1v) is 8.95. The molecule has 1 unspecified atom stereocenters. The zero-order valence-electron chi connectivity index (χ0n) is 12.4. The van der Waals surface area contributed by atoms with Crippen molar-refractivity contribution in [1.82, 2.24) is 15.1 Å². The molecular formula is C16H21Br2N3. The fourth-order valence-corrected chi connectivity index (χ4v) is 3.17. The number of hydrogen-bond acceptors (Lipinski definition) is 2. The molecule has 0 fully saturated rings. The Morgan fingerprint density at radius 2 is 2.05 bits per heavy atom. The predicted molar refractivity (Wildman–Crippen MR) is 94.5 cm³/mol. The molecule has 1 N–H and O–H groups in total. The molecule has 0 radical (unpaired) electrons. The lowest BCUT2D eigenvalue weighted by molar-refractivity contribution is 0.587. The van der Waals surface area contributed by atoms with Crippen molar-refractivity contribution < 1.29 is 0 Å². The molecule has 0 bridgehead atoms. The second-order valence-electron chi connectivity index (χ2n) is 5.09. The van der Waals surface area contributed by atoms with Gasteiger partial charge in [0.2, 0.25) is 0 Å². The van der Waals surface area contributed by atoms with Crippen LogP contribution < -0.4 is 5.32 Å². The Hall–Kier alpha value is -0.650. The molecule has 21 heavy (non-hydrogen) atoms. The molecular weight excluding hydrogens is 394 g/mol. The van der Waals surface area contributed by atoms with Gasteiger partial charge in [-0.1, -0.05) is 45.7 Å². The molecule has 2 aromatic rings. The third-order valence-electron chi connectivity index (χ3n) is 3.31. The highest BCUT2D eigenvalue weighted by atomic mass is 79.9. The fourth-order valence-electron chi connectivity index (χ4n) is 2.31. The van der Waals surface area contributed by atoms with Gasteiger partial charge in [-0.05, 0) is 43.1 Å². The fraction of sp³-hybridized carbons (Fsp3) is 0.438. The Balaban J connectivity index is 2.34. The summed E-state index contributed by atoms with van der Waals surface area (Å²) in [6.07, 6.45) is 6.31. The van der Waals surface area contributed by atoms with Crippen LogP contribution in [0.3, 0.4) is 0 Å². The van der Waals surface area contributed by atoms with E-state index in [0.717, 1.165) is 34.9 Å². The summed E-state index contributed by atoms with van der Waals surface area (Å²) in [6, 6.07) is 6.44. The molecule has 2 rings (SSSR count). The van der Waals surface area contributed by atoms with Gasteiger partial charge in [0.1, 0.15) is 0 Å². The molecule has 1 aromatic heterocycles. The van der Waals surface area contributed by atoms with Gasteiger partial charge in [-0.25, -0.2) is 0 Å². The van der Waals surface area contributed by atoms with Gasteiger partial charge in [-0.15, -0.1) is 0 Å². The van der Waals surface area contributed by atoms with Gasteiger partial charge >= 0.3 is 0 Å². The summed E-state index contributed by atoms with van der Waals surface area (Å²) in [5.74, 6) is 0. The minimum absolute atomic E-state index is 0.155. The SMILES string of the molecule is CCCNC(c1cnn(CCC)c1)c1cc(Br)ccc1Br. The second-order valence-corrected chi connectivity index (χ2v) is 6.86. The third kappa shape index (κ3) is 4.41. The van der Waals surface area contributed by atoms with Gasteiger partial charge in [-0.2, -0.15) is 5.10 Å². The minimum atomic E-state index is 0.155. The van der Waals surface area contributed by atoms with Crippen LogP contribution >= 0.6 is 31.9 Å². The van der Waals surface area contributed by atoms with Crippen molar-refractivity contribution in [2.24, 2.45) is 0 Å².